The monoisotopic (exact) mass is 325 g/mol. The van der Waals surface area contributed by atoms with E-state index in [1.54, 1.807) is 0 Å². The molecule has 25 heavy (non-hydrogen) atoms. The fraction of sp³-hybridized carbons (Fsp3) is 0.167. The molecule has 0 spiro atoms. The van der Waals surface area contributed by atoms with Gasteiger partial charge in [0, 0.05) is 19.3 Å². The van der Waals surface area contributed by atoms with Crippen LogP contribution in [0.15, 0.2) is 91.1 Å². The molecular formula is C24H23N. The van der Waals surface area contributed by atoms with Crippen molar-refractivity contribution in [2.45, 2.75) is 25.9 Å². The number of aryl methyl sites for hydroxylation is 1. The average Bonchev–Trinajstić information content (AvgIpc) is 3.06. The van der Waals surface area contributed by atoms with Crippen LogP contribution in [0.4, 0.5) is 0 Å². The van der Waals surface area contributed by atoms with Crippen molar-refractivity contribution in [3.8, 4) is 0 Å². The lowest BCUT2D eigenvalue weighted by molar-refractivity contribution is 0.362. The Morgan fingerprint density at radius 3 is 1.84 bits per heavy atom. The predicted molar refractivity (Wildman–Crippen MR) is 105 cm³/mol. The van der Waals surface area contributed by atoms with Crippen LogP contribution in [0.5, 0.6) is 0 Å². The predicted octanol–water partition coefficient (Wildman–Crippen LogP) is 5.68. The number of nitrogens with zero attached hydrogens (tertiary/aromatic N) is 1. The number of benzene rings is 3. The third-order valence-corrected chi connectivity index (χ3v) is 4.82. The van der Waals surface area contributed by atoms with Crippen molar-refractivity contribution in [3.05, 3.63) is 113 Å². The van der Waals surface area contributed by atoms with Gasteiger partial charge in [-0.15, -0.1) is 0 Å². The van der Waals surface area contributed by atoms with Crippen LogP contribution in [0.1, 0.15) is 28.7 Å². The summed E-state index contributed by atoms with van der Waals surface area (Å²) in [5, 5.41) is 0. The van der Waals surface area contributed by atoms with Crippen molar-refractivity contribution >= 4 is 5.57 Å². The van der Waals surface area contributed by atoms with Crippen molar-refractivity contribution in [1.29, 1.82) is 0 Å². The highest BCUT2D eigenvalue weighted by Gasteiger charge is 2.16. The Balaban J connectivity index is 1.62. The van der Waals surface area contributed by atoms with Gasteiger partial charge in [0.05, 0.1) is 0 Å². The van der Waals surface area contributed by atoms with Crippen molar-refractivity contribution in [3.63, 3.8) is 0 Å². The van der Waals surface area contributed by atoms with E-state index in [4.69, 9.17) is 0 Å². The Labute approximate surface area is 150 Å². The van der Waals surface area contributed by atoms with Crippen LogP contribution in [-0.4, -0.2) is 4.90 Å². The minimum atomic E-state index is 0.932. The van der Waals surface area contributed by atoms with Crippen LogP contribution >= 0.6 is 0 Å². The lowest BCUT2D eigenvalue weighted by Crippen LogP contribution is -2.17. The van der Waals surface area contributed by atoms with E-state index in [1.807, 2.05) is 0 Å². The standard InChI is InChI=1S/C24H23N/c1-3-9-20(10-4-1)17-25(18-21-11-5-2-6-12-21)19-23-16-15-22-13-7-8-14-24(22)23/h1-14,19H,15-18H2. The summed E-state index contributed by atoms with van der Waals surface area (Å²) in [5.41, 5.74) is 7.06. The van der Waals surface area contributed by atoms with E-state index >= 15 is 0 Å². The Bertz CT molecular complexity index is 808. The van der Waals surface area contributed by atoms with Crippen molar-refractivity contribution in [1.82, 2.24) is 4.90 Å². The van der Waals surface area contributed by atoms with Gasteiger partial charge in [0.2, 0.25) is 0 Å². The lowest BCUT2D eigenvalue weighted by Gasteiger charge is -2.22. The summed E-state index contributed by atoms with van der Waals surface area (Å²) in [6.07, 6.45) is 4.68. The zero-order valence-electron chi connectivity index (χ0n) is 14.4. The second-order valence-corrected chi connectivity index (χ2v) is 6.69. The molecule has 3 aromatic rings. The molecule has 0 fully saturated rings. The van der Waals surface area contributed by atoms with Gasteiger partial charge in [-0.2, -0.15) is 0 Å². The maximum Gasteiger partial charge on any atom is 0.0427 e. The second-order valence-electron chi connectivity index (χ2n) is 6.69. The first-order chi connectivity index (χ1) is 12.4. The molecule has 0 bridgehead atoms. The molecule has 0 amide bonds. The molecular weight excluding hydrogens is 302 g/mol. The van der Waals surface area contributed by atoms with Gasteiger partial charge in [0.25, 0.3) is 0 Å². The molecule has 124 valence electrons. The number of hydrogen-bond acceptors (Lipinski definition) is 1. The Hall–Kier alpha value is -2.80. The number of fused-ring (bicyclic) bond motifs is 1. The molecule has 0 atom stereocenters. The van der Waals surface area contributed by atoms with E-state index in [2.05, 4.69) is 96.0 Å². The smallest absolute Gasteiger partial charge is 0.0427 e. The molecule has 0 saturated heterocycles. The van der Waals surface area contributed by atoms with E-state index in [9.17, 15) is 0 Å². The highest BCUT2D eigenvalue weighted by atomic mass is 15.1. The van der Waals surface area contributed by atoms with Crippen LogP contribution in [0.25, 0.3) is 5.57 Å². The Morgan fingerprint density at radius 1 is 0.640 bits per heavy atom. The summed E-state index contributed by atoms with van der Waals surface area (Å²) in [4.78, 5) is 2.45. The molecule has 0 radical (unpaired) electrons. The van der Waals surface area contributed by atoms with Gasteiger partial charge in [0.1, 0.15) is 0 Å². The lowest BCUT2D eigenvalue weighted by atomic mass is 10.1. The minimum Gasteiger partial charge on any atom is -0.369 e. The zero-order chi connectivity index (χ0) is 16.9. The molecule has 1 aliphatic carbocycles. The zero-order valence-corrected chi connectivity index (χ0v) is 14.4. The first-order valence-electron chi connectivity index (χ1n) is 8.99. The highest BCUT2D eigenvalue weighted by Crippen LogP contribution is 2.32. The summed E-state index contributed by atoms with van der Waals surface area (Å²) >= 11 is 0. The summed E-state index contributed by atoms with van der Waals surface area (Å²) < 4.78 is 0. The second kappa shape index (κ2) is 7.40. The van der Waals surface area contributed by atoms with Gasteiger partial charge in [-0.05, 0) is 40.7 Å². The molecule has 0 saturated carbocycles. The van der Waals surface area contributed by atoms with Crippen LogP contribution in [0, 0.1) is 0 Å². The van der Waals surface area contributed by atoms with E-state index in [-0.39, 0.29) is 0 Å². The summed E-state index contributed by atoms with van der Waals surface area (Å²) in [6, 6.07) is 30.3. The molecule has 1 heteroatoms. The largest absolute Gasteiger partial charge is 0.369 e. The molecule has 1 nitrogen and oxygen atoms in total. The summed E-state index contributed by atoms with van der Waals surface area (Å²) in [7, 11) is 0. The first-order valence-corrected chi connectivity index (χ1v) is 8.99. The van der Waals surface area contributed by atoms with E-state index < -0.39 is 0 Å². The maximum atomic E-state index is 2.45. The molecule has 4 rings (SSSR count). The van der Waals surface area contributed by atoms with Gasteiger partial charge in [0.15, 0.2) is 0 Å². The van der Waals surface area contributed by atoms with Gasteiger partial charge in [-0.3, -0.25) is 0 Å². The average molecular weight is 325 g/mol. The van der Waals surface area contributed by atoms with E-state index in [1.165, 1.54) is 27.8 Å². The third kappa shape index (κ3) is 3.83. The Kier molecular flexibility index (Phi) is 4.65. The Morgan fingerprint density at radius 2 is 1.20 bits per heavy atom. The van der Waals surface area contributed by atoms with Crippen molar-refractivity contribution < 1.29 is 0 Å². The molecule has 0 unspecified atom stereocenters. The number of rotatable bonds is 5. The van der Waals surface area contributed by atoms with Gasteiger partial charge in [-0.1, -0.05) is 84.9 Å². The van der Waals surface area contributed by atoms with E-state index in [0.717, 1.165) is 25.9 Å². The number of hydrogen-bond donors (Lipinski definition) is 0. The minimum absolute atomic E-state index is 0.932. The van der Waals surface area contributed by atoms with Crippen LogP contribution in [0.2, 0.25) is 0 Å². The molecule has 0 N–H and O–H groups in total. The fourth-order valence-electron chi connectivity index (χ4n) is 3.59. The summed E-state index contributed by atoms with van der Waals surface area (Å²) in [5.74, 6) is 0. The van der Waals surface area contributed by atoms with E-state index in [0.29, 0.717) is 0 Å². The van der Waals surface area contributed by atoms with Gasteiger partial charge < -0.3 is 4.90 Å². The first kappa shape index (κ1) is 15.7. The molecule has 0 aliphatic heterocycles. The van der Waals surface area contributed by atoms with Crippen molar-refractivity contribution in [2.24, 2.45) is 0 Å². The molecule has 0 aromatic heterocycles. The number of allylic oxidation sites excluding steroid dienone is 1. The van der Waals surface area contributed by atoms with Crippen LogP contribution in [-0.2, 0) is 19.5 Å². The highest BCUT2D eigenvalue weighted by molar-refractivity contribution is 5.72. The van der Waals surface area contributed by atoms with Gasteiger partial charge >= 0.3 is 0 Å². The summed E-state index contributed by atoms with van der Waals surface area (Å²) in [6.45, 7) is 1.86. The van der Waals surface area contributed by atoms with Crippen LogP contribution in [0.3, 0.4) is 0 Å². The normalized spacial score (nSPS) is 14.5. The fourth-order valence-corrected chi connectivity index (χ4v) is 3.59. The van der Waals surface area contributed by atoms with Gasteiger partial charge in [-0.25, -0.2) is 0 Å². The SMILES string of the molecule is C(=C1CCc2ccccc21)N(Cc1ccccc1)Cc1ccccc1. The molecule has 3 aromatic carbocycles. The quantitative estimate of drug-likeness (QED) is 0.583. The molecule has 1 aliphatic rings. The van der Waals surface area contributed by atoms with Crippen molar-refractivity contribution in [2.75, 3.05) is 0 Å². The van der Waals surface area contributed by atoms with Crippen LogP contribution < -0.4 is 0 Å². The maximum absolute atomic E-state index is 2.45. The molecule has 0 heterocycles. The topological polar surface area (TPSA) is 3.24 Å². The third-order valence-electron chi connectivity index (χ3n) is 4.82.